The zero-order valence-electron chi connectivity index (χ0n) is 12.6. The molecule has 1 atom stereocenters. The van der Waals surface area contributed by atoms with Crippen molar-refractivity contribution >= 4 is 22.7 Å². The topological polar surface area (TPSA) is 67.5 Å². The standard InChI is InChI=1S/C17H18O4/c1-7(2)10-5-11-12-6-13(17(19)20)21-16(12)9(4)8(3)14(11)15(10)18/h6-7,10H,5H2,1-4H3,(H,19,20). The van der Waals surface area contributed by atoms with Crippen molar-refractivity contribution < 1.29 is 19.1 Å². The predicted molar refractivity (Wildman–Crippen MR) is 79.0 cm³/mol. The van der Waals surface area contributed by atoms with Crippen molar-refractivity contribution in [1.29, 1.82) is 0 Å². The average Bonchev–Trinajstić information content (AvgIpc) is 2.97. The van der Waals surface area contributed by atoms with Crippen LogP contribution in [-0.4, -0.2) is 16.9 Å². The lowest BCUT2D eigenvalue weighted by molar-refractivity contribution is 0.0664. The number of hydrogen-bond donors (Lipinski definition) is 1. The summed E-state index contributed by atoms with van der Waals surface area (Å²) in [5, 5.41) is 9.91. The Balaban J connectivity index is 2.33. The number of furan rings is 1. The predicted octanol–water partition coefficient (Wildman–Crippen LogP) is 3.76. The SMILES string of the molecule is Cc1c2c(c3cc(C(=O)O)oc3c1C)CC(C(C)C)C2=O. The van der Waals surface area contributed by atoms with Gasteiger partial charge in [-0.15, -0.1) is 0 Å². The molecule has 0 spiro atoms. The van der Waals surface area contributed by atoms with Crippen molar-refractivity contribution in [1.82, 2.24) is 0 Å². The van der Waals surface area contributed by atoms with Gasteiger partial charge in [0.15, 0.2) is 5.78 Å². The van der Waals surface area contributed by atoms with Gasteiger partial charge in [-0.3, -0.25) is 4.79 Å². The van der Waals surface area contributed by atoms with E-state index < -0.39 is 5.97 Å². The van der Waals surface area contributed by atoms with Gasteiger partial charge < -0.3 is 9.52 Å². The number of carboxylic acids is 1. The summed E-state index contributed by atoms with van der Waals surface area (Å²) in [6, 6.07) is 1.55. The van der Waals surface area contributed by atoms with Crippen LogP contribution in [0.4, 0.5) is 0 Å². The highest BCUT2D eigenvalue weighted by Crippen LogP contribution is 2.41. The Kier molecular flexibility index (Phi) is 2.94. The molecule has 0 bridgehead atoms. The van der Waals surface area contributed by atoms with Gasteiger partial charge in [0.1, 0.15) is 5.58 Å². The van der Waals surface area contributed by atoms with Crippen LogP contribution in [0.15, 0.2) is 10.5 Å². The molecule has 1 aliphatic carbocycles. The third-order valence-electron chi connectivity index (χ3n) is 4.66. The van der Waals surface area contributed by atoms with Crippen LogP contribution in [-0.2, 0) is 6.42 Å². The normalized spacial score (nSPS) is 17.8. The number of carbonyl (C=O) groups is 2. The maximum atomic E-state index is 12.6. The molecule has 0 saturated carbocycles. The van der Waals surface area contributed by atoms with Crippen LogP contribution in [0.5, 0.6) is 0 Å². The van der Waals surface area contributed by atoms with Crippen molar-refractivity contribution in [3.63, 3.8) is 0 Å². The number of fused-ring (bicyclic) bond motifs is 3. The summed E-state index contributed by atoms with van der Waals surface area (Å²) in [6.07, 6.45) is 0.669. The number of rotatable bonds is 2. The van der Waals surface area contributed by atoms with E-state index in [-0.39, 0.29) is 23.4 Å². The van der Waals surface area contributed by atoms with Gasteiger partial charge in [0.05, 0.1) is 0 Å². The molecule has 2 aromatic rings. The highest BCUT2D eigenvalue weighted by atomic mass is 16.4. The molecule has 0 aliphatic heterocycles. The Labute approximate surface area is 122 Å². The lowest BCUT2D eigenvalue weighted by Crippen LogP contribution is -2.16. The van der Waals surface area contributed by atoms with Crippen molar-refractivity contribution in [2.45, 2.75) is 34.1 Å². The summed E-state index contributed by atoms with van der Waals surface area (Å²) >= 11 is 0. The Bertz CT molecular complexity index is 780. The van der Waals surface area contributed by atoms with Crippen LogP contribution in [0.1, 0.15) is 51.5 Å². The molecule has 0 amide bonds. The van der Waals surface area contributed by atoms with Gasteiger partial charge in [0, 0.05) is 16.9 Å². The monoisotopic (exact) mass is 286 g/mol. The summed E-state index contributed by atoms with van der Waals surface area (Å²) in [5.74, 6) is -0.721. The highest BCUT2D eigenvalue weighted by Gasteiger charge is 2.36. The molecule has 4 nitrogen and oxygen atoms in total. The Morgan fingerprint density at radius 3 is 2.57 bits per heavy atom. The highest BCUT2D eigenvalue weighted by molar-refractivity contribution is 6.09. The fraction of sp³-hybridized carbons (Fsp3) is 0.412. The number of aromatic carboxylic acids is 1. The van der Waals surface area contributed by atoms with Crippen LogP contribution in [0.25, 0.3) is 11.0 Å². The number of ketones is 1. The summed E-state index contributed by atoms with van der Waals surface area (Å²) < 4.78 is 5.49. The average molecular weight is 286 g/mol. The first-order chi connectivity index (χ1) is 9.82. The van der Waals surface area contributed by atoms with Gasteiger partial charge in [-0.05, 0) is 48.9 Å². The van der Waals surface area contributed by atoms with E-state index in [0.29, 0.717) is 12.0 Å². The number of Topliss-reactive ketones (excluding diaryl/α,β-unsaturated/α-hetero) is 1. The molecule has 21 heavy (non-hydrogen) atoms. The Morgan fingerprint density at radius 2 is 2.00 bits per heavy atom. The van der Waals surface area contributed by atoms with Crippen molar-refractivity contribution in [2.75, 3.05) is 0 Å². The van der Waals surface area contributed by atoms with E-state index in [1.165, 1.54) is 0 Å². The van der Waals surface area contributed by atoms with Gasteiger partial charge >= 0.3 is 5.97 Å². The maximum Gasteiger partial charge on any atom is 0.371 e. The van der Waals surface area contributed by atoms with Crippen LogP contribution in [0.3, 0.4) is 0 Å². The summed E-state index contributed by atoms with van der Waals surface area (Å²) in [7, 11) is 0. The molecule has 1 aromatic carbocycles. The van der Waals surface area contributed by atoms with Crippen molar-refractivity contribution in [3.8, 4) is 0 Å². The molecule has 110 valence electrons. The zero-order chi connectivity index (χ0) is 15.5. The fourth-order valence-corrected chi connectivity index (χ4v) is 3.30. The summed E-state index contributed by atoms with van der Waals surface area (Å²) in [5.41, 5.74) is 4.09. The van der Waals surface area contributed by atoms with Crippen molar-refractivity contribution in [3.05, 3.63) is 34.1 Å². The first-order valence-corrected chi connectivity index (χ1v) is 7.16. The van der Waals surface area contributed by atoms with Crippen LogP contribution in [0.2, 0.25) is 0 Å². The molecule has 1 aliphatic rings. The maximum absolute atomic E-state index is 12.6. The Hall–Kier alpha value is -2.10. The minimum absolute atomic E-state index is 0.0214. The van der Waals surface area contributed by atoms with Crippen LogP contribution in [0, 0.1) is 25.7 Å². The van der Waals surface area contributed by atoms with Gasteiger partial charge in [-0.2, -0.15) is 0 Å². The van der Waals surface area contributed by atoms with E-state index in [2.05, 4.69) is 0 Å². The smallest absolute Gasteiger partial charge is 0.371 e. The van der Waals surface area contributed by atoms with E-state index in [0.717, 1.165) is 27.6 Å². The van der Waals surface area contributed by atoms with Gasteiger partial charge in [-0.1, -0.05) is 13.8 Å². The van der Waals surface area contributed by atoms with Gasteiger partial charge in [0.25, 0.3) is 0 Å². The van der Waals surface area contributed by atoms with Crippen LogP contribution >= 0.6 is 0 Å². The molecule has 1 heterocycles. The molecule has 3 rings (SSSR count). The number of benzene rings is 1. The molecular formula is C17H18O4. The van der Waals surface area contributed by atoms with E-state index in [1.54, 1.807) is 6.07 Å². The number of carboxylic acid groups (broad SMARTS) is 1. The third-order valence-corrected chi connectivity index (χ3v) is 4.66. The summed E-state index contributed by atoms with van der Waals surface area (Å²) in [4.78, 5) is 23.8. The first kappa shape index (κ1) is 13.9. The van der Waals surface area contributed by atoms with Gasteiger partial charge in [0.2, 0.25) is 5.76 Å². The fourth-order valence-electron chi connectivity index (χ4n) is 3.30. The lowest BCUT2D eigenvalue weighted by Gasteiger charge is -2.11. The molecule has 1 unspecified atom stereocenters. The lowest BCUT2D eigenvalue weighted by atomic mass is 9.91. The third kappa shape index (κ3) is 1.82. The minimum Gasteiger partial charge on any atom is -0.475 e. The molecular weight excluding hydrogens is 268 g/mol. The molecule has 0 fully saturated rings. The number of aryl methyl sites for hydroxylation is 1. The largest absolute Gasteiger partial charge is 0.475 e. The second kappa shape index (κ2) is 4.45. The zero-order valence-corrected chi connectivity index (χ0v) is 12.6. The second-order valence-electron chi connectivity index (χ2n) is 6.18. The number of hydrogen-bond acceptors (Lipinski definition) is 3. The number of carbonyl (C=O) groups excluding carboxylic acids is 1. The molecule has 1 aromatic heterocycles. The van der Waals surface area contributed by atoms with E-state index in [4.69, 9.17) is 9.52 Å². The van der Waals surface area contributed by atoms with E-state index in [9.17, 15) is 9.59 Å². The molecule has 4 heteroatoms. The first-order valence-electron chi connectivity index (χ1n) is 7.16. The minimum atomic E-state index is -1.08. The Morgan fingerprint density at radius 1 is 1.33 bits per heavy atom. The quantitative estimate of drug-likeness (QED) is 0.912. The van der Waals surface area contributed by atoms with Gasteiger partial charge in [-0.25, -0.2) is 4.79 Å². The van der Waals surface area contributed by atoms with Crippen molar-refractivity contribution in [2.24, 2.45) is 11.8 Å². The molecule has 0 radical (unpaired) electrons. The molecule has 1 N–H and O–H groups in total. The second-order valence-corrected chi connectivity index (χ2v) is 6.18. The van der Waals surface area contributed by atoms with E-state index >= 15 is 0 Å². The summed E-state index contributed by atoms with van der Waals surface area (Å²) in [6.45, 7) is 7.89. The molecule has 0 saturated heterocycles. The van der Waals surface area contributed by atoms with E-state index in [1.807, 2.05) is 27.7 Å². The van der Waals surface area contributed by atoms with Crippen LogP contribution < -0.4 is 0 Å².